The number of carbonyl (C=O) groups excluding carboxylic acids is 3. The van der Waals surface area contributed by atoms with Gasteiger partial charge in [-0.1, -0.05) is 6.92 Å². The Bertz CT molecular complexity index is 941. The first kappa shape index (κ1) is 28.9. The van der Waals surface area contributed by atoms with Gasteiger partial charge < -0.3 is 26.7 Å². The maximum atomic E-state index is 14.0. The summed E-state index contributed by atoms with van der Waals surface area (Å²) in [6, 6.07) is -1.68. The van der Waals surface area contributed by atoms with E-state index in [9.17, 15) is 23.2 Å². The van der Waals surface area contributed by atoms with Crippen LogP contribution < -0.4 is 21.3 Å². The molecule has 198 valence electrons. The molecule has 0 radical (unpaired) electrons. The number of carbonyl (C=O) groups is 3. The summed E-state index contributed by atoms with van der Waals surface area (Å²) >= 11 is 0. The van der Waals surface area contributed by atoms with Crippen molar-refractivity contribution in [2.75, 3.05) is 7.05 Å². The van der Waals surface area contributed by atoms with Gasteiger partial charge in [-0.3, -0.25) is 19.8 Å². The van der Waals surface area contributed by atoms with Gasteiger partial charge in [0, 0.05) is 30.7 Å². The van der Waals surface area contributed by atoms with Crippen LogP contribution in [0.3, 0.4) is 0 Å². The summed E-state index contributed by atoms with van der Waals surface area (Å²) in [6.07, 6.45) is 7.64. The molecule has 0 aromatic heterocycles. The van der Waals surface area contributed by atoms with Gasteiger partial charge >= 0.3 is 0 Å². The van der Waals surface area contributed by atoms with E-state index in [2.05, 4.69) is 21.3 Å². The summed E-state index contributed by atoms with van der Waals surface area (Å²) in [5, 5.41) is 25.6. The molecule has 9 nitrogen and oxygen atoms in total. The van der Waals surface area contributed by atoms with Crippen molar-refractivity contribution in [2.24, 2.45) is 17.8 Å². The Labute approximate surface area is 210 Å². The minimum atomic E-state index is -1.42. The van der Waals surface area contributed by atoms with Crippen LogP contribution in [-0.4, -0.2) is 48.9 Å². The third-order valence-corrected chi connectivity index (χ3v) is 6.31. The van der Waals surface area contributed by atoms with Crippen LogP contribution in [0.1, 0.15) is 52.4 Å². The first-order chi connectivity index (χ1) is 17.1. The van der Waals surface area contributed by atoms with Gasteiger partial charge in [-0.05, 0) is 62.9 Å². The van der Waals surface area contributed by atoms with Gasteiger partial charge in [0.05, 0.1) is 12.5 Å². The van der Waals surface area contributed by atoms with Crippen molar-refractivity contribution in [3.8, 4) is 0 Å². The number of rotatable bonds is 16. The average Bonchev–Trinajstić information content (AvgIpc) is 3.74. The molecule has 2 saturated carbocycles. The van der Waals surface area contributed by atoms with Gasteiger partial charge in [-0.25, -0.2) is 4.39 Å². The fourth-order valence-electron chi connectivity index (χ4n) is 4.04. The predicted octanol–water partition coefficient (Wildman–Crippen LogP) is 2.77. The first-order valence-electron chi connectivity index (χ1n) is 12.2. The Morgan fingerprint density at radius 3 is 2.17 bits per heavy atom. The largest absolute Gasteiger partial charge is 0.392 e. The molecule has 1 unspecified atom stereocenters. The second-order valence-corrected chi connectivity index (χ2v) is 9.26. The van der Waals surface area contributed by atoms with Crippen molar-refractivity contribution in [3.63, 3.8) is 0 Å². The van der Waals surface area contributed by atoms with Crippen LogP contribution in [0.15, 0.2) is 35.6 Å². The zero-order valence-corrected chi connectivity index (χ0v) is 20.9. The van der Waals surface area contributed by atoms with Gasteiger partial charge in [0.25, 0.3) is 0 Å². The standard InChI is InChI=1S/C25H36F2N6O3/c1-4-19(28)10-21(35)33-23(22(15-5-6-15)16-7-8-16)25(36)32-20(24(27)29)12-31-14(2)17(13-34)9-18(26)11-30-3/h9,11-16,22-23,28-31H,4-8,10H2,1-3H3,(H,32,36)(H,33,35)/b17-9+,18-11+,20-12+,28-19?,29-24?/t14-,23?/m0/s1. The van der Waals surface area contributed by atoms with E-state index in [0.29, 0.717) is 12.7 Å². The summed E-state index contributed by atoms with van der Waals surface area (Å²) in [4.78, 5) is 37.2. The maximum absolute atomic E-state index is 14.0. The number of allylic oxidation sites excluding steroid dienone is 3. The third-order valence-electron chi connectivity index (χ3n) is 6.31. The molecule has 0 bridgehead atoms. The quantitative estimate of drug-likeness (QED) is 0.0825. The molecule has 0 aromatic rings. The molecule has 6 N–H and O–H groups in total. The van der Waals surface area contributed by atoms with E-state index in [0.717, 1.165) is 44.2 Å². The second-order valence-electron chi connectivity index (χ2n) is 9.26. The van der Waals surface area contributed by atoms with Crippen LogP contribution >= 0.6 is 0 Å². The van der Waals surface area contributed by atoms with Gasteiger partial charge in [0.15, 0.2) is 0 Å². The van der Waals surface area contributed by atoms with Crippen LogP contribution in [0.2, 0.25) is 0 Å². The molecule has 0 aromatic carbocycles. The number of hydrogen-bond acceptors (Lipinski definition) is 7. The highest BCUT2D eigenvalue weighted by molar-refractivity contribution is 6.02. The van der Waals surface area contributed by atoms with Crippen molar-refractivity contribution < 1.29 is 23.2 Å². The summed E-state index contributed by atoms with van der Waals surface area (Å²) in [5.41, 5.74) is -0.211. The molecule has 0 heterocycles. The van der Waals surface area contributed by atoms with E-state index in [1.165, 1.54) is 14.0 Å². The first-order valence-corrected chi connectivity index (χ1v) is 12.2. The Morgan fingerprint density at radius 1 is 1.08 bits per heavy atom. The summed E-state index contributed by atoms with van der Waals surface area (Å²) < 4.78 is 27.8. The lowest BCUT2D eigenvalue weighted by Crippen LogP contribution is -2.52. The van der Waals surface area contributed by atoms with Crippen molar-refractivity contribution in [2.45, 2.75) is 64.5 Å². The molecule has 0 aliphatic heterocycles. The zero-order valence-electron chi connectivity index (χ0n) is 20.9. The lowest BCUT2D eigenvalue weighted by atomic mass is 9.88. The number of aldehydes is 1. The monoisotopic (exact) mass is 506 g/mol. The molecule has 2 fully saturated rings. The predicted molar refractivity (Wildman–Crippen MR) is 134 cm³/mol. The van der Waals surface area contributed by atoms with Crippen molar-refractivity contribution in [1.82, 2.24) is 21.3 Å². The molecule has 0 spiro atoms. The molecule has 2 aliphatic rings. The fourth-order valence-corrected chi connectivity index (χ4v) is 4.04. The Balaban J connectivity index is 2.19. The van der Waals surface area contributed by atoms with E-state index < -0.39 is 41.4 Å². The highest BCUT2D eigenvalue weighted by atomic mass is 19.1. The molecule has 0 saturated heterocycles. The smallest absolute Gasteiger partial charge is 0.247 e. The topological polar surface area (TPSA) is 147 Å². The molecule has 2 atom stereocenters. The lowest BCUT2D eigenvalue weighted by molar-refractivity contribution is -0.129. The van der Waals surface area contributed by atoms with E-state index in [-0.39, 0.29) is 35.5 Å². The van der Waals surface area contributed by atoms with E-state index in [4.69, 9.17) is 10.8 Å². The van der Waals surface area contributed by atoms with Crippen molar-refractivity contribution >= 4 is 29.8 Å². The highest BCUT2D eigenvalue weighted by Crippen LogP contribution is 2.50. The van der Waals surface area contributed by atoms with Crippen molar-refractivity contribution in [3.05, 3.63) is 35.6 Å². The van der Waals surface area contributed by atoms with E-state index in [1.54, 1.807) is 6.92 Å². The van der Waals surface area contributed by atoms with Crippen LogP contribution in [0.25, 0.3) is 0 Å². The lowest BCUT2D eigenvalue weighted by Gasteiger charge is -2.28. The second kappa shape index (κ2) is 13.6. The Kier molecular flexibility index (Phi) is 10.9. The van der Waals surface area contributed by atoms with Crippen LogP contribution in [0, 0.1) is 28.6 Å². The minimum absolute atomic E-state index is 0.0253. The zero-order chi connectivity index (χ0) is 26.8. The molecule has 2 aliphatic carbocycles. The fraction of sp³-hybridized carbons (Fsp3) is 0.560. The molecule has 11 heteroatoms. The number of halogens is 2. The summed E-state index contributed by atoms with van der Waals surface area (Å²) in [5.74, 6) is -2.73. The van der Waals surface area contributed by atoms with Gasteiger partial charge in [0.2, 0.25) is 17.8 Å². The summed E-state index contributed by atoms with van der Waals surface area (Å²) in [7, 11) is 1.50. The van der Waals surface area contributed by atoms with Crippen LogP contribution in [-0.2, 0) is 14.4 Å². The average molecular weight is 507 g/mol. The van der Waals surface area contributed by atoms with E-state index in [1.807, 2.05) is 0 Å². The van der Waals surface area contributed by atoms with Crippen molar-refractivity contribution in [1.29, 1.82) is 10.8 Å². The molecular formula is C25H36F2N6O3. The SMILES string of the molecule is CCC(=N)CC(=O)NC(C(=O)N/C(=C/N[C@@H](C)/C(C=O)=C/C(F)=C\NC)C(=N)F)C(C1CC1)C1CC1. The van der Waals surface area contributed by atoms with Gasteiger partial charge in [0.1, 0.15) is 23.9 Å². The van der Waals surface area contributed by atoms with E-state index >= 15 is 0 Å². The normalized spacial score (nSPS) is 18.2. The third kappa shape index (κ3) is 9.01. The number of amides is 2. The summed E-state index contributed by atoms with van der Waals surface area (Å²) in [6.45, 7) is 3.30. The molecule has 36 heavy (non-hydrogen) atoms. The Hall–Kier alpha value is -3.37. The number of hydrogen-bond donors (Lipinski definition) is 6. The Morgan fingerprint density at radius 2 is 1.69 bits per heavy atom. The number of nitrogens with one attached hydrogen (secondary N) is 6. The van der Waals surface area contributed by atoms with Crippen LogP contribution in [0.4, 0.5) is 8.78 Å². The maximum Gasteiger partial charge on any atom is 0.247 e. The molecule has 2 rings (SSSR count). The molecule has 2 amide bonds. The minimum Gasteiger partial charge on any atom is -0.392 e. The van der Waals surface area contributed by atoms with Crippen LogP contribution in [0.5, 0.6) is 0 Å². The van der Waals surface area contributed by atoms with Gasteiger partial charge in [-0.2, -0.15) is 4.39 Å². The highest BCUT2D eigenvalue weighted by Gasteiger charge is 2.48. The van der Waals surface area contributed by atoms with Gasteiger partial charge in [-0.15, -0.1) is 0 Å². The molecular weight excluding hydrogens is 470 g/mol.